The smallest absolute Gasteiger partial charge is 0.170 e. The summed E-state index contributed by atoms with van der Waals surface area (Å²) >= 11 is 0. The van der Waals surface area contributed by atoms with Gasteiger partial charge in [0.15, 0.2) is 5.84 Å². The van der Waals surface area contributed by atoms with Gasteiger partial charge in [-0.25, -0.2) is 0 Å². The van der Waals surface area contributed by atoms with Crippen LogP contribution in [-0.4, -0.2) is 24.6 Å². The third kappa shape index (κ3) is 4.28. The number of benzene rings is 1. The van der Waals surface area contributed by atoms with Crippen LogP contribution < -0.4 is 10.6 Å². The van der Waals surface area contributed by atoms with E-state index in [1.54, 1.807) is 0 Å². The fourth-order valence-corrected chi connectivity index (χ4v) is 1.87. The van der Waals surface area contributed by atoms with Gasteiger partial charge in [0.05, 0.1) is 0 Å². The highest BCUT2D eigenvalue weighted by molar-refractivity contribution is 5.97. The van der Waals surface area contributed by atoms with Crippen LogP contribution in [0, 0.1) is 0 Å². The summed E-state index contributed by atoms with van der Waals surface area (Å²) in [5, 5.41) is 11.7. The van der Waals surface area contributed by atoms with Gasteiger partial charge >= 0.3 is 0 Å². The normalized spacial score (nSPS) is 11.6. The van der Waals surface area contributed by atoms with Gasteiger partial charge in [0.1, 0.15) is 0 Å². The number of hydrogen-bond donors (Lipinski definition) is 2. The van der Waals surface area contributed by atoms with Gasteiger partial charge in [0.25, 0.3) is 0 Å². The highest BCUT2D eigenvalue weighted by atomic mass is 16.4. The molecule has 0 saturated heterocycles. The average Bonchev–Trinajstić information content (AvgIpc) is 2.42. The zero-order chi connectivity index (χ0) is 13.4. The number of rotatable bonds is 7. The minimum atomic E-state index is 0.149. The van der Waals surface area contributed by atoms with E-state index in [-0.39, 0.29) is 5.84 Å². The predicted molar refractivity (Wildman–Crippen MR) is 76.4 cm³/mol. The summed E-state index contributed by atoms with van der Waals surface area (Å²) < 4.78 is 0. The van der Waals surface area contributed by atoms with E-state index in [0.29, 0.717) is 0 Å². The van der Waals surface area contributed by atoms with Crippen LogP contribution in [0.2, 0.25) is 0 Å². The van der Waals surface area contributed by atoms with Crippen molar-refractivity contribution in [1.82, 2.24) is 0 Å². The maximum atomic E-state index is 8.67. The number of unbranched alkanes of at least 4 members (excludes halogenated alkanes) is 3. The second-order valence-corrected chi connectivity index (χ2v) is 4.52. The lowest BCUT2D eigenvalue weighted by molar-refractivity contribution is 0.318. The van der Waals surface area contributed by atoms with Gasteiger partial charge in [0.2, 0.25) is 0 Å². The Bertz CT molecular complexity index is 390. The molecule has 0 unspecified atom stereocenters. The van der Waals surface area contributed by atoms with Crippen molar-refractivity contribution < 1.29 is 5.21 Å². The first-order chi connectivity index (χ1) is 8.69. The fraction of sp³-hybridized carbons (Fsp3) is 0.500. The quantitative estimate of drug-likeness (QED) is 0.257. The van der Waals surface area contributed by atoms with Crippen LogP contribution in [0.15, 0.2) is 29.4 Å². The molecule has 0 heterocycles. The molecule has 0 spiro atoms. The summed E-state index contributed by atoms with van der Waals surface area (Å²) in [6.45, 7) is 3.24. The van der Waals surface area contributed by atoms with E-state index in [2.05, 4.69) is 24.0 Å². The third-order valence-electron chi connectivity index (χ3n) is 3.04. The Kier molecular flexibility index (Phi) is 6.05. The second-order valence-electron chi connectivity index (χ2n) is 4.52. The number of nitrogens with two attached hydrogens (primary N) is 1. The molecule has 0 atom stereocenters. The molecule has 4 heteroatoms. The molecule has 1 aromatic carbocycles. The fourth-order valence-electron chi connectivity index (χ4n) is 1.87. The molecule has 3 N–H and O–H groups in total. The molecule has 0 fully saturated rings. The van der Waals surface area contributed by atoms with Gasteiger partial charge in [-0.3, -0.25) is 0 Å². The Labute approximate surface area is 109 Å². The molecule has 0 aliphatic heterocycles. The van der Waals surface area contributed by atoms with Crippen molar-refractivity contribution in [3.05, 3.63) is 29.8 Å². The molecule has 100 valence electrons. The zero-order valence-corrected chi connectivity index (χ0v) is 11.3. The van der Waals surface area contributed by atoms with Crippen molar-refractivity contribution in [2.24, 2.45) is 10.9 Å². The van der Waals surface area contributed by atoms with Crippen molar-refractivity contribution in [2.45, 2.75) is 32.6 Å². The first-order valence-electron chi connectivity index (χ1n) is 6.48. The lowest BCUT2D eigenvalue weighted by atomic mass is 10.1. The van der Waals surface area contributed by atoms with Gasteiger partial charge in [-0.2, -0.15) is 0 Å². The van der Waals surface area contributed by atoms with Crippen molar-refractivity contribution >= 4 is 11.5 Å². The van der Waals surface area contributed by atoms with E-state index >= 15 is 0 Å². The van der Waals surface area contributed by atoms with Gasteiger partial charge < -0.3 is 15.8 Å². The molecule has 0 amide bonds. The van der Waals surface area contributed by atoms with E-state index in [1.165, 1.54) is 25.7 Å². The minimum Gasteiger partial charge on any atom is -0.409 e. The van der Waals surface area contributed by atoms with Gasteiger partial charge in [0, 0.05) is 24.8 Å². The number of amidine groups is 1. The molecule has 0 aliphatic rings. The van der Waals surface area contributed by atoms with Crippen LogP contribution in [0.3, 0.4) is 0 Å². The van der Waals surface area contributed by atoms with E-state index in [0.717, 1.165) is 17.8 Å². The highest BCUT2D eigenvalue weighted by Gasteiger charge is 2.04. The molecule has 0 saturated carbocycles. The summed E-state index contributed by atoms with van der Waals surface area (Å²) in [5.74, 6) is 0.149. The number of oxime groups is 1. The van der Waals surface area contributed by atoms with Crippen LogP contribution in [0.1, 0.15) is 38.2 Å². The van der Waals surface area contributed by atoms with Crippen LogP contribution in [0.25, 0.3) is 0 Å². The zero-order valence-electron chi connectivity index (χ0n) is 11.3. The molecule has 0 bridgehead atoms. The molecule has 18 heavy (non-hydrogen) atoms. The Balaban J connectivity index is 2.60. The Hall–Kier alpha value is -1.71. The van der Waals surface area contributed by atoms with Crippen LogP contribution in [-0.2, 0) is 0 Å². The maximum absolute atomic E-state index is 8.67. The molecule has 0 aromatic heterocycles. The van der Waals surface area contributed by atoms with E-state index in [4.69, 9.17) is 10.9 Å². The first-order valence-corrected chi connectivity index (χ1v) is 6.48. The minimum absolute atomic E-state index is 0.149. The number of nitrogens with zero attached hydrogens (tertiary/aromatic N) is 2. The van der Waals surface area contributed by atoms with Crippen LogP contribution in [0.4, 0.5) is 5.69 Å². The van der Waals surface area contributed by atoms with Gasteiger partial charge in [-0.1, -0.05) is 43.5 Å². The first kappa shape index (κ1) is 14.4. The summed E-state index contributed by atoms with van der Waals surface area (Å²) in [7, 11) is 2.07. The van der Waals surface area contributed by atoms with Crippen LogP contribution >= 0.6 is 0 Å². The topological polar surface area (TPSA) is 61.8 Å². The van der Waals surface area contributed by atoms with E-state index in [1.807, 2.05) is 24.3 Å². The molecular formula is C14H23N3O. The lowest BCUT2D eigenvalue weighted by Crippen LogP contribution is -2.20. The van der Waals surface area contributed by atoms with E-state index < -0.39 is 0 Å². The second kappa shape index (κ2) is 7.58. The molecule has 1 rings (SSSR count). The van der Waals surface area contributed by atoms with Crippen molar-refractivity contribution in [1.29, 1.82) is 0 Å². The summed E-state index contributed by atoms with van der Waals surface area (Å²) in [4.78, 5) is 2.20. The average molecular weight is 249 g/mol. The predicted octanol–water partition coefficient (Wildman–Crippen LogP) is 2.80. The Morgan fingerprint density at radius 3 is 2.78 bits per heavy atom. The van der Waals surface area contributed by atoms with Crippen molar-refractivity contribution in [3.8, 4) is 0 Å². The molecular weight excluding hydrogens is 226 g/mol. The SMILES string of the molecule is CCCCCCN(C)c1cccc(C(N)=NO)c1. The van der Waals surface area contributed by atoms with Crippen LogP contribution in [0.5, 0.6) is 0 Å². The number of anilines is 1. The molecule has 0 radical (unpaired) electrons. The summed E-state index contributed by atoms with van der Waals surface area (Å²) in [5.41, 5.74) is 7.42. The summed E-state index contributed by atoms with van der Waals surface area (Å²) in [6, 6.07) is 7.73. The third-order valence-corrected chi connectivity index (χ3v) is 3.04. The molecule has 1 aromatic rings. The van der Waals surface area contributed by atoms with Gasteiger partial charge in [-0.05, 0) is 18.6 Å². The monoisotopic (exact) mass is 249 g/mol. The number of hydrogen-bond acceptors (Lipinski definition) is 3. The standard InChI is InChI=1S/C14H23N3O/c1-3-4-5-6-10-17(2)13-9-7-8-12(11-13)14(15)16-18/h7-9,11,18H,3-6,10H2,1-2H3,(H2,15,16). The van der Waals surface area contributed by atoms with Gasteiger partial charge in [-0.15, -0.1) is 0 Å². The molecule has 4 nitrogen and oxygen atoms in total. The van der Waals surface area contributed by atoms with Crippen molar-refractivity contribution in [2.75, 3.05) is 18.5 Å². The van der Waals surface area contributed by atoms with E-state index in [9.17, 15) is 0 Å². The Morgan fingerprint density at radius 2 is 2.11 bits per heavy atom. The molecule has 0 aliphatic carbocycles. The van der Waals surface area contributed by atoms with Crippen molar-refractivity contribution in [3.63, 3.8) is 0 Å². The highest BCUT2D eigenvalue weighted by Crippen LogP contribution is 2.15. The maximum Gasteiger partial charge on any atom is 0.170 e. The summed E-state index contributed by atoms with van der Waals surface area (Å²) in [6.07, 6.45) is 5.00. The lowest BCUT2D eigenvalue weighted by Gasteiger charge is -2.19. The largest absolute Gasteiger partial charge is 0.409 e. The Morgan fingerprint density at radius 1 is 1.33 bits per heavy atom.